The van der Waals surface area contributed by atoms with Crippen molar-refractivity contribution in [1.29, 1.82) is 0 Å². The summed E-state index contributed by atoms with van der Waals surface area (Å²) in [6.45, 7) is 3.11. The monoisotopic (exact) mass is 315 g/mol. The van der Waals surface area contributed by atoms with E-state index in [-0.39, 0.29) is 0 Å². The van der Waals surface area contributed by atoms with E-state index in [9.17, 15) is 8.42 Å². The maximum Gasteiger partial charge on any atom is 0.243 e. The van der Waals surface area contributed by atoms with Gasteiger partial charge in [-0.2, -0.15) is 4.31 Å². The quantitative estimate of drug-likeness (QED) is 0.798. The molecule has 0 radical (unpaired) electrons. The molecule has 3 nitrogen and oxygen atoms in total. The predicted octanol–water partition coefficient (Wildman–Crippen LogP) is 3.69. The van der Waals surface area contributed by atoms with Crippen LogP contribution in [0.3, 0.4) is 0 Å². The predicted molar refractivity (Wildman–Crippen MR) is 82.6 cm³/mol. The lowest BCUT2D eigenvalue weighted by Gasteiger charge is -2.25. The zero-order valence-corrected chi connectivity index (χ0v) is 13.5. The van der Waals surface area contributed by atoms with Crippen molar-refractivity contribution in [3.8, 4) is 0 Å². The van der Waals surface area contributed by atoms with Gasteiger partial charge in [0.25, 0.3) is 0 Å². The van der Waals surface area contributed by atoms with E-state index in [2.05, 4.69) is 0 Å². The van der Waals surface area contributed by atoms with Crippen molar-refractivity contribution in [2.24, 2.45) is 0 Å². The Morgan fingerprint density at radius 2 is 1.70 bits per heavy atom. The van der Waals surface area contributed by atoms with Gasteiger partial charge < -0.3 is 0 Å². The summed E-state index contributed by atoms with van der Waals surface area (Å²) in [6, 6.07) is 5.36. The molecule has 0 aliphatic carbocycles. The minimum atomic E-state index is -3.39. The lowest BCUT2D eigenvalue weighted by atomic mass is 10.1. The van der Waals surface area contributed by atoms with Gasteiger partial charge in [0.1, 0.15) is 0 Å². The number of benzene rings is 1. The van der Waals surface area contributed by atoms with Crippen molar-refractivity contribution in [1.82, 2.24) is 4.31 Å². The Hall–Kier alpha value is -0.580. The van der Waals surface area contributed by atoms with Crippen molar-refractivity contribution in [3.63, 3.8) is 0 Å². The second-order valence-corrected chi connectivity index (χ2v) is 7.52. The number of alkyl halides is 1. The molecule has 112 valence electrons. The molecule has 2 rings (SSSR count). The van der Waals surface area contributed by atoms with Crippen LogP contribution in [0.1, 0.15) is 43.2 Å². The first-order valence-corrected chi connectivity index (χ1v) is 9.19. The second kappa shape index (κ2) is 6.92. The summed E-state index contributed by atoms with van der Waals surface area (Å²) in [5.74, 6) is 0.342. The highest BCUT2D eigenvalue weighted by atomic mass is 35.5. The molecule has 5 heteroatoms. The van der Waals surface area contributed by atoms with Gasteiger partial charge >= 0.3 is 0 Å². The van der Waals surface area contributed by atoms with Crippen LogP contribution in [0.25, 0.3) is 0 Å². The fraction of sp³-hybridized carbons (Fsp3) is 0.600. The molecule has 0 atom stereocenters. The molecule has 0 unspecified atom stereocenters. The minimum Gasteiger partial charge on any atom is -0.207 e. The molecule has 1 heterocycles. The van der Waals surface area contributed by atoms with E-state index in [1.807, 2.05) is 13.0 Å². The third-order valence-electron chi connectivity index (χ3n) is 3.97. The molecule has 1 aliphatic rings. The molecule has 0 bridgehead atoms. The Morgan fingerprint density at radius 1 is 1.10 bits per heavy atom. The SMILES string of the molecule is Cc1c(CCl)cccc1S(=O)(=O)N1CCCCCCC1. The fourth-order valence-electron chi connectivity index (χ4n) is 2.68. The smallest absolute Gasteiger partial charge is 0.207 e. The van der Waals surface area contributed by atoms with Crippen LogP contribution >= 0.6 is 11.6 Å². The van der Waals surface area contributed by atoms with Crippen LogP contribution in [0.2, 0.25) is 0 Å². The third kappa shape index (κ3) is 3.35. The Kier molecular flexibility index (Phi) is 5.47. The maximum absolute atomic E-state index is 12.8. The van der Waals surface area contributed by atoms with Crippen LogP contribution < -0.4 is 0 Å². The maximum atomic E-state index is 12.8. The zero-order valence-electron chi connectivity index (χ0n) is 11.9. The molecular weight excluding hydrogens is 294 g/mol. The summed E-state index contributed by atoms with van der Waals surface area (Å²) in [7, 11) is -3.39. The first-order chi connectivity index (χ1) is 9.57. The summed E-state index contributed by atoms with van der Waals surface area (Å²) in [6.07, 6.45) is 5.36. The van der Waals surface area contributed by atoms with E-state index in [1.165, 1.54) is 6.42 Å². The summed E-state index contributed by atoms with van der Waals surface area (Å²) in [5.41, 5.74) is 1.67. The number of rotatable bonds is 3. The fourth-order valence-corrected chi connectivity index (χ4v) is 4.76. The van der Waals surface area contributed by atoms with Gasteiger partial charge in [-0.05, 0) is 37.0 Å². The summed E-state index contributed by atoms with van der Waals surface area (Å²) < 4.78 is 27.3. The van der Waals surface area contributed by atoms with Crippen LogP contribution in [0, 0.1) is 6.92 Å². The number of sulfonamides is 1. The van der Waals surface area contributed by atoms with Crippen LogP contribution in [0.15, 0.2) is 23.1 Å². The lowest BCUT2D eigenvalue weighted by Crippen LogP contribution is -2.34. The largest absolute Gasteiger partial charge is 0.243 e. The highest BCUT2D eigenvalue weighted by Crippen LogP contribution is 2.25. The molecule has 1 aromatic carbocycles. The molecule has 0 aromatic heterocycles. The molecule has 1 aromatic rings. The van der Waals surface area contributed by atoms with Crippen LogP contribution in [0.5, 0.6) is 0 Å². The average molecular weight is 316 g/mol. The van der Waals surface area contributed by atoms with Crippen molar-refractivity contribution < 1.29 is 8.42 Å². The van der Waals surface area contributed by atoms with E-state index in [4.69, 9.17) is 11.6 Å². The molecule has 0 N–H and O–H groups in total. The Morgan fingerprint density at radius 3 is 2.30 bits per heavy atom. The molecule has 20 heavy (non-hydrogen) atoms. The Bertz CT molecular complexity index is 549. The van der Waals surface area contributed by atoms with Crippen molar-refractivity contribution in [3.05, 3.63) is 29.3 Å². The van der Waals surface area contributed by atoms with Gasteiger partial charge in [0.15, 0.2) is 0 Å². The molecule has 0 amide bonds. The number of halogens is 1. The standard InChI is InChI=1S/C15H22ClNO2S/c1-13-14(12-16)8-7-9-15(13)20(18,19)17-10-5-3-2-4-6-11-17/h7-9H,2-6,10-12H2,1H3. The van der Waals surface area contributed by atoms with E-state index in [1.54, 1.807) is 16.4 Å². The average Bonchev–Trinajstić information content (AvgIpc) is 2.37. The first kappa shape index (κ1) is 15.8. The highest BCUT2D eigenvalue weighted by Gasteiger charge is 2.26. The molecule has 0 saturated carbocycles. The number of hydrogen-bond acceptors (Lipinski definition) is 2. The van der Waals surface area contributed by atoms with E-state index in [0.29, 0.717) is 23.9 Å². The Labute approximate surface area is 127 Å². The highest BCUT2D eigenvalue weighted by molar-refractivity contribution is 7.89. The van der Waals surface area contributed by atoms with Crippen molar-refractivity contribution in [2.45, 2.75) is 49.8 Å². The zero-order chi connectivity index (χ0) is 14.6. The minimum absolute atomic E-state index is 0.342. The lowest BCUT2D eigenvalue weighted by molar-refractivity contribution is 0.364. The van der Waals surface area contributed by atoms with E-state index >= 15 is 0 Å². The molecular formula is C15H22ClNO2S. The van der Waals surface area contributed by atoms with Gasteiger partial charge in [-0.25, -0.2) is 8.42 Å². The van der Waals surface area contributed by atoms with Gasteiger partial charge in [0.2, 0.25) is 10.0 Å². The summed E-state index contributed by atoms with van der Waals surface area (Å²) in [4.78, 5) is 0.413. The molecule has 1 fully saturated rings. The molecule has 1 saturated heterocycles. The summed E-state index contributed by atoms with van der Waals surface area (Å²) in [5, 5.41) is 0. The summed E-state index contributed by atoms with van der Waals surface area (Å²) >= 11 is 5.88. The van der Waals surface area contributed by atoms with Gasteiger partial charge in [0.05, 0.1) is 4.90 Å². The van der Waals surface area contributed by atoms with Crippen molar-refractivity contribution in [2.75, 3.05) is 13.1 Å². The third-order valence-corrected chi connectivity index (χ3v) is 6.30. The molecule has 1 aliphatic heterocycles. The Balaban J connectivity index is 2.33. The van der Waals surface area contributed by atoms with E-state index in [0.717, 1.165) is 36.8 Å². The van der Waals surface area contributed by atoms with Gasteiger partial charge in [-0.15, -0.1) is 11.6 Å². The van der Waals surface area contributed by atoms with Crippen LogP contribution in [0.4, 0.5) is 0 Å². The number of hydrogen-bond donors (Lipinski definition) is 0. The first-order valence-electron chi connectivity index (χ1n) is 7.22. The normalized spacial score (nSPS) is 18.5. The second-order valence-electron chi connectivity index (χ2n) is 5.35. The van der Waals surface area contributed by atoms with Gasteiger partial charge in [0, 0.05) is 19.0 Å². The van der Waals surface area contributed by atoms with Gasteiger partial charge in [-0.1, -0.05) is 31.4 Å². The van der Waals surface area contributed by atoms with E-state index < -0.39 is 10.0 Å². The van der Waals surface area contributed by atoms with Crippen molar-refractivity contribution >= 4 is 21.6 Å². The van der Waals surface area contributed by atoms with Crippen LogP contribution in [-0.4, -0.2) is 25.8 Å². The molecule has 0 spiro atoms. The van der Waals surface area contributed by atoms with Gasteiger partial charge in [-0.3, -0.25) is 0 Å². The number of nitrogens with zero attached hydrogens (tertiary/aromatic N) is 1. The topological polar surface area (TPSA) is 37.4 Å². The van der Waals surface area contributed by atoms with Crippen LogP contribution in [-0.2, 0) is 15.9 Å².